The fourth-order valence-corrected chi connectivity index (χ4v) is 5.70. The number of amides is 2. The molecule has 8 heteroatoms. The first-order valence-corrected chi connectivity index (χ1v) is 14.1. The number of para-hydroxylation sites is 1. The molecular formula is C32H37N5O3. The Labute approximate surface area is 234 Å². The molecule has 3 atom stereocenters. The Balaban J connectivity index is 1.39. The van der Waals surface area contributed by atoms with Crippen LogP contribution in [0, 0.1) is 17.8 Å². The molecular weight excluding hydrogens is 502 g/mol. The Kier molecular flexibility index (Phi) is 8.14. The largest absolute Gasteiger partial charge is 0.456 e. The average molecular weight is 540 g/mol. The Bertz CT molecular complexity index is 1470. The van der Waals surface area contributed by atoms with Gasteiger partial charge in [-0.1, -0.05) is 62.4 Å². The monoisotopic (exact) mass is 539 g/mol. The lowest BCUT2D eigenvalue weighted by atomic mass is 9.82. The summed E-state index contributed by atoms with van der Waals surface area (Å²) in [6.07, 6.45) is 5.25. The van der Waals surface area contributed by atoms with Crippen molar-refractivity contribution in [3.63, 3.8) is 0 Å². The van der Waals surface area contributed by atoms with Gasteiger partial charge < -0.3 is 20.0 Å². The number of hydrogen-bond acceptors (Lipinski definition) is 5. The van der Waals surface area contributed by atoms with Crippen molar-refractivity contribution in [1.82, 2.24) is 20.1 Å². The first kappa shape index (κ1) is 27.4. The second kappa shape index (κ2) is 11.9. The van der Waals surface area contributed by atoms with Gasteiger partial charge in [0, 0.05) is 23.1 Å². The summed E-state index contributed by atoms with van der Waals surface area (Å²) in [5.74, 6) is 0.796. The first-order valence-electron chi connectivity index (χ1n) is 14.1. The van der Waals surface area contributed by atoms with E-state index in [4.69, 9.17) is 10.2 Å². The zero-order valence-electron chi connectivity index (χ0n) is 23.2. The van der Waals surface area contributed by atoms with Gasteiger partial charge in [-0.2, -0.15) is 0 Å². The van der Waals surface area contributed by atoms with E-state index in [0.29, 0.717) is 12.8 Å². The number of nitrogens with zero attached hydrogens (tertiary/aromatic N) is 3. The van der Waals surface area contributed by atoms with Crippen LogP contribution in [-0.2, 0) is 16.1 Å². The molecule has 1 aliphatic heterocycles. The van der Waals surface area contributed by atoms with Crippen LogP contribution in [0.25, 0.3) is 33.7 Å². The van der Waals surface area contributed by atoms with Gasteiger partial charge in [0.25, 0.3) is 0 Å². The van der Waals surface area contributed by atoms with E-state index >= 15 is 0 Å². The third kappa shape index (κ3) is 5.71. The van der Waals surface area contributed by atoms with Gasteiger partial charge in [-0.05, 0) is 50.2 Å². The molecule has 0 saturated carbocycles. The number of allylic oxidation sites excluding steroid dienone is 1. The highest BCUT2D eigenvalue weighted by atomic mass is 16.3. The molecule has 0 bridgehead atoms. The zero-order valence-corrected chi connectivity index (χ0v) is 23.2. The number of aromatic nitrogens is 3. The van der Waals surface area contributed by atoms with E-state index in [1.54, 1.807) is 6.08 Å². The Hall–Kier alpha value is -4.20. The van der Waals surface area contributed by atoms with Gasteiger partial charge in [0.2, 0.25) is 11.8 Å². The van der Waals surface area contributed by atoms with Crippen LogP contribution in [0.15, 0.2) is 71.7 Å². The topological polar surface area (TPSA) is 116 Å². The fraction of sp³-hybridized carbons (Fsp3) is 0.375. The Morgan fingerprint density at radius 1 is 1.10 bits per heavy atom. The predicted octanol–water partition coefficient (Wildman–Crippen LogP) is 6.04. The predicted molar refractivity (Wildman–Crippen MR) is 156 cm³/mol. The van der Waals surface area contributed by atoms with E-state index in [1.807, 2.05) is 68.4 Å². The number of nitrogens with two attached hydrogens (primary N) is 1. The van der Waals surface area contributed by atoms with Crippen molar-refractivity contribution in [3.8, 4) is 22.7 Å². The molecule has 3 heterocycles. The van der Waals surface area contributed by atoms with Crippen molar-refractivity contribution in [2.45, 2.75) is 58.5 Å². The number of furan rings is 1. The highest BCUT2D eigenvalue weighted by Gasteiger charge is 2.35. The van der Waals surface area contributed by atoms with E-state index in [1.165, 1.54) is 0 Å². The number of fused-ring (bicyclic) bond motifs is 2. The molecule has 0 saturated heterocycles. The number of benzene rings is 2. The summed E-state index contributed by atoms with van der Waals surface area (Å²) in [5.41, 5.74) is 8.50. The van der Waals surface area contributed by atoms with Gasteiger partial charge in [-0.25, -0.2) is 0 Å². The SMILES string of the molecule is C=CC[C@H](C(N)=O)[C@@H](CC(C)C)C(=O)N[C@H]1CCCCn2c(-c3ccc(-c4cc5ccccc5o4)cc3)nnc21. The van der Waals surface area contributed by atoms with Crippen LogP contribution in [0.3, 0.4) is 0 Å². The molecule has 1 aliphatic rings. The van der Waals surface area contributed by atoms with Crippen molar-refractivity contribution in [2.75, 3.05) is 0 Å². The van der Waals surface area contributed by atoms with Gasteiger partial charge in [0.15, 0.2) is 11.6 Å². The summed E-state index contributed by atoms with van der Waals surface area (Å²) in [7, 11) is 0. The van der Waals surface area contributed by atoms with Crippen LogP contribution in [-0.4, -0.2) is 26.6 Å². The van der Waals surface area contributed by atoms with E-state index in [0.717, 1.165) is 65.3 Å². The fourth-order valence-electron chi connectivity index (χ4n) is 5.70. The van der Waals surface area contributed by atoms with Crippen molar-refractivity contribution in [2.24, 2.45) is 23.5 Å². The Morgan fingerprint density at radius 3 is 2.55 bits per heavy atom. The van der Waals surface area contributed by atoms with Crippen LogP contribution in [0.1, 0.15) is 57.8 Å². The quantitative estimate of drug-likeness (QED) is 0.238. The molecule has 0 unspecified atom stereocenters. The number of primary amides is 1. The summed E-state index contributed by atoms with van der Waals surface area (Å²) >= 11 is 0. The molecule has 2 aromatic carbocycles. The van der Waals surface area contributed by atoms with Crippen LogP contribution >= 0.6 is 0 Å². The lowest BCUT2D eigenvalue weighted by Gasteiger charge is -2.27. The van der Waals surface area contributed by atoms with Crippen molar-refractivity contribution in [1.29, 1.82) is 0 Å². The lowest BCUT2D eigenvalue weighted by molar-refractivity contribution is -0.134. The normalized spacial score (nSPS) is 16.7. The second-order valence-electron chi connectivity index (χ2n) is 11.1. The zero-order chi connectivity index (χ0) is 28.2. The van der Waals surface area contributed by atoms with Crippen molar-refractivity contribution >= 4 is 22.8 Å². The molecule has 0 aliphatic carbocycles. The number of nitrogens with one attached hydrogen (secondary N) is 1. The standard InChI is InChI=1S/C32H37N5O3/c1-4-9-24(29(33)38)25(18-20(2)3)32(39)34-26-11-7-8-17-37-30(35-36-31(26)37)22-15-13-21(14-16-22)28-19-23-10-5-6-12-27(23)40-28/h4-6,10,12-16,19-20,24-26H,1,7-9,11,17-18H2,2-3H3,(H2,33,38)(H,34,39)/t24-,25+,26-/m0/s1. The molecule has 5 rings (SSSR count). The average Bonchev–Trinajstić information content (AvgIpc) is 3.51. The minimum Gasteiger partial charge on any atom is -0.456 e. The number of carbonyl (C=O) groups is 2. The highest BCUT2D eigenvalue weighted by Crippen LogP contribution is 2.32. The molecule has 208 valence electrons. The van der Waals surface area contributed by atoms with Gasteiger partial charge in [-0.15, -0.1) is 16.8 Å². The van der Waals surface area contributed by atoms with Crippen molar-refractivity contribution in [3.05, 3.63) is 73.1 Å². The summed E-state index contributed by atoms with van der Waals surface area (Å²) in [5, 5.41) is 13.4. The third-order valence-corrected chi connectivity index (χ3v) is 7.72. The molecule has 2 aromatic heterocycles. The van der Waals surface area contributed by atoms with E-state index < -0.39 is 17.7 Å². The molecule has 2 amide bonds. The molecule has 3 N–H and O–H groups in total. The Morgan fingerprint density at radius 2 is 1.85 bits per heavy atom. The van der Waals surface area contributed by atoms with Gasteiger partial charge in [0.1, 0.15) is 11.3 Å². The van der Waals surface area contributed by atoms with Crippen LogP contribution in [0.5, 0.6) is 0 Å². The smallest absolute Gasteiger partial charge is 0.224 e. The summed E-state index contributed by atoms with van der Waals surface area (Å²) in [6.45, 7) is 8.61. The first-order chi connectivity index (χ1) is 19.4. The summed E-state index contributed by atoms with van der Waals surface area (Å²) in [6, 6.07) is 17.8. The number of carbonyl (C=O) groups excluding carboxylic acids is 2. The van der Waals surface area contributed by atoms with Gasteiger partial charge in [-0.3, -0.25) is 9.59 Å². The minimum atomic E-state index is -0.593. The lowest BCUT2D eigenvalue weighted by Crippen LogP contribution is -2.42. The summed E-state index contributed by atoms with van der Waals surface area (Å²) in [4.78, 5) is 25.8. The maximum absolute atomic E-state index is 13.6. The minimum absolute atomic E-state index is 0.169. The maximum atomic E-state index is 13.6. The van der Waals surface area contributed by atoms with Crippen LogP contribution in [0.2, 0.25) is 0 Å². The van der Waals surface area contributed by atoms with Crippen LogP contribution in [0.4, 0.5) is 0 Å². The third-order valence-electron chi connectivity index (χ3n) is 7.72. The maximum Gasteiger partial charge on any atom is 0.224 e. The molecule has 0 spiro atoms. The molecule has 4 aromatic rings. The van der Waals surface area contributed by atoms with E-state index in [2.05, 4.69) is 26.7 Å². The summed E-state index contributed by atoms with van der Waals surface area (Å²) < 4.78 is 8.14. The van der Waals surface area contributed by atoms with E-state index in [-0.39, 0.29) is 17.9 Å². The number of rotatable bonds is 10. The molecule has 0 radical (unpaired) electrons. The number of hydrogen-bond donors (Lipinski definition) is 2. The van der Waals surface area contributed by atoms with Crippen LogP contribution < -0.4 is 11.1 Å². The van der Waals surface area contributed by atoms with Gasteiger partial charge in [0.05, 0.1) is 17.9 Å². The van der Waals surface area contributed by atoms with Gasteiger partial charge >= 0.3 is 0 Å². The second-order valence-corrected chi connectivity index (χ2v) is 11.1. The van der Waals surface area contributed by atoms with Crippen molar-refractivity contribution < 1.29 is 14.0 Å². The highest BCUT2D eigenvalue weighted by molar-refractivity contribution is 5.87. The molecule has 8 nitrogen and oxygen atoms in total. The molecule has 0 fully saturated rings. The van der Waals surface area contributed by atoms with E-state index in [9.17, 15) is 9.59 Å². The molecule has 40 heavy (non-hydrogen) atoms.